The third-order valence-electron chi connectivity index (χ3n) is 5.79. The van der Waals surface area contributed by atoms with Gasteiger partial charge in [0.1, 0.15) is 5.25 Å². The minimum atomic E-state index is -0.720. The lowest BCUT2D eigenvalue weighted by atomic mass is 10.2. The molecule has 3 aromatic rings. The highest BCUT2D eigenvalue weighted by atomic mass is 32.2. The van der Waals surface area contributed by atoms with E-state index in [1.807, 2.05) is 30.3 Å². The fourth-order valence-electron chi connectivity index (χ4n) is 3.79. The monoisotopic (exact) mass is 545 g/mol. The van der Waals surface area contributed by atoms with Gasteiger partial charge in [-0.15, -0.1) is 0 Å². The van der Waals surface area contributed by atoms with E-state index in [1.54, 1.807) is 60.4 Å². The average Bonchev–Trinajstić information content (AvgIpc) is 2.95. The smallest absolute Gasteiger partial charge is 0.338 e. The molecule has 1 atom stereocenters. The molecule has 1 N–H and O–H groups in total. The van der Waals surface area contributed by atoms with Gasteiger partial charge in [-0.05, 0) is 61.0 Å². The maximum atomic E-state index is 13.3. The second-order valence-corrected chi connectivity index (χ2v) is 9.67. The molecule has 0 aromatic heterocycles. The topological polar surface area (TPSA) is 114 Å². The molecule has 0 unspecified atom stereocenters. The zero-order valence-corrected chi connectivity index (χ0v) is 22.3. The van der Waals surface area contributed by atoms with Crippen molar-refractivity contribution in [1.82, 2.24) is 4.90 Å². The van der Waals surface area contributed by atoms with Crippen LogP contribution in [0.3, 0.4) is 0 Å². The van der Waals surface area contributed by atoms with Crippen molar-refractivity contribution in [2.75, 3.05) is 19.0 Å². The van der Waals surface area contributed by atoms with Gasteiger partial charge in [-0.1, -0.05) is 42.1 Å². The number of amides is 2. The van der Waals surface area contributed by atoms with Crippen LogP contribution in [-0.4, -0.2) is 52.8 Å². The van der Waals surface area contributed by atoms with Crippen LogP contribution in [0.15, 0.2) is 83.9 Å². The first-order valence-electron chi connectivity index (χ1n) is 12.2. The molecular formula is C29H27N3O6S. The van der Waals surface area contributed by atoms with Crippen LogP contribution in [0.5, 0.6) is 0 Å². The molecule has 1 heterocycles. The van der Waals surface area contributed by atoms with E-state index >= 15 is 0 Å². The lowest BCUT2D eigenvalue weighted by Gasteiger charge is -2.32. The Morgan fingerprint density at radius 2 is 1.59 bits per heavy atom. The Bertz CT molecular complexity index is 1370. The Labute approximate surface area is 230 Å². The second-order valence-electron chi connectivity index (χ2n) is 8.50. The molecule has 3 aromatic carbocycles. The summed E-state index contributed by atoms with van der Waals surface area (Å²) in [4.78, 5) is 56.3. The van der Waals surface area contributed by atoms with Crippen LogP contribution in [0, 0.1) is 0 Å². The zero-order chi connectivity index (χ0) is 27.8. The molecule has 10 heteroatoms. The quantitative estimate of drug-likeness (QED) is 0.404. The first-order valence-corrected chi connectivity index (χ1v) is 13.1. The summed E-state index contributed by atoms with van der Waals surface area (Å²) < 4.78 is 9.73. The Morgan fingerprint density at radius 1 is 0.949 bits per heavy atom. The number of hydrogen-bond acceptors (Lipinski definition) is 8. The van der Waals surface area contributed by atoms with Crippen LogP contribution in [0.2, 0.25) is 0 Å². The van der Waals surface area contributed by atoms with Gasteiger partial charge in [0.05, 0.1) is 37.1 Å². The Kier molecular flexibility index (Phi) is 9.11. The third-order valence-corrected chi connectivity index (χ3v) is 6.98. The van der Waals surface area contributed by atoms with Crippen LogP contribution in [0.25, 0.3) is 0 Å². The van der Waals surface area contributed by atoms with E-state index in [4.69, 9.17) is 9.47 Å². The van der Waals surface area contributed by atoms with Crippen molar-refractivity contribution in [2.24, 2.45) is 4.99 Å². The van der Waals surface area contributed by atoms with Gasteiger partial charge in [-0.25, -0.2) is 14.6 Å². The number of thioether (sulfide) groups is 1. The van der Waals surface area contributed by atoms with Crippen LogP contribution >= 0.6 is 11.8 Å². The number of benzene rings is 3. The minimum Gasteiger partial charge on any atom is -0.465 e. The van der Waals surface area contributed by atoms with Crippen molar-refractivity contribution in [3.05, 3.63) is 95.6 Å². The number of esters is 2. The first-order chi connectivity index (χ1) is 18.9. The number of carbonyl (C=O) groups is 4. The molecule has 200 valence electrons. The van der Waals surface area contributed by atoms with Crippen molar-refractivity contribution in [1.29, 1.82) is 0 Å². The van der Waals surface area contributed by atoms with E-state index in [1.165, 1.54) is 18.9 Å². The molecular weight excluding hydrogens is 518 g/mol. The highest BCUT2D eigenvalue weighted by molar-refractivity contribution is 8.15. The molecule has 1 aliphatic heterocycles. The van der Waals surface area contributed by atoms with Crippen molar-refractivity contribution in [3.63, 3.8) is 0 Å². The number of nitrogens with zero attached hydrogens (tertiary/aromatic N) is 2. The highest BCUT2D eigenvalue weighted by Gasteiger charge is 2.36. The van der Waals surface area contributed by atoms with Crippen molar-refractivity contribution >= 4 is 52.1 Å². The number of anilines is 1. The zero-order valence-electron chi connectivity index (χ0n) is 21.5. The van der Waals surface area contributed by atoms with E-state index in [0.717, 1.165) is 5.56 Å². The molecule has 9 nitrogen and oxygen atoms in total. The molecule has 2 amide bonds. The van der Waals surface area contributed by atoms with E-state index < -0.39 is 17.2 Å². The van der Waals surface area contributed by atoms with Crippen molar-refractivity contribution in [3.8, 4) is 0 Å². The average molecular weight is 546 g/mol. The van der Waals surface area contributed by atoms with Crippen LogP contribution in [0.1, 0.15) is 39.6 Å². The van der Waals surface area contributed by atoms with Crippen LogP contribution in [0.4, 0.5) is 11.4 Å². The summed E-state index contributed by atoms with van der Waals surface area (Å²) in [6.45, 7) is 2.31. The number of aliphatic imine (C=N–C) groups is 1. The van der Waals surface area contributed by atoms with Crippen molar-refractivity contribution < 1.29 is 28.7 Å². The minimum absolute atomic E-state index is 0.00953. The van der Waals surface area contributed by atoms with Gasteiger partial charge in [0, 0.05) is 12.1 Å². The summed E-state index contributed by atoms with van der Waals surface area (Å²) in [7, 11) is 1.30. The summed E-state index contributed by atoms with van der Waals surface area (Å²) in [6, 6.07) is 22.4. The molecule has 0 bridgehead atoms. The molecule has 0 spiro atoms. The lowest BCUT2D eigenvalue weighted by Crippen LogP contribution is -2.44. The van der Waals surface area contributed by atoms with Gasteiger partial charge < -0.3 is 14.8 Å². The fourth-order valence-corrected chi connectivity index (χ4v) is 4.89. The normalized spacial score (nSPS) is 16.1. The number of nitrogens with one attached hydrogen (secondary N) is 1. The summed E-state index contributed by atoms with van der Waals surface area (Å²) in [5.74, 6) is -1.50. The third kappa shape index (κ3) is 7.11. The molecule has 1 aliphatic rings. The van der Waals surface area contributed by atoms with Gasteiger partial charge in [0.25, 0.3) is 0 Å². The van der Waals surface area contributed by atoms with E-state index in [-0.39, 0.29) is 24.8 Å². The molecule has 1 saturated heterocycles. The fraction of sp³-hybridized carbons (Fsp3) is 0.207. The van der Waals surface area contributed by atoms with Gasteiger partial charge in [-0.3, -0.25) is 14.5 Å². The Hall–Kier alpha value is -4.44. The predicted octanol–water partition coefficient (Wildman–Crippen LogP) is 4.81. The summed E-state index contributed by atoms with van der Waals surface area (Å²) in [5, 5.41) is 2.46. The molecule has 0 radical (unpaired) electrons. The van der Waals surface area contributed by atoms with E-state index in [2.05, 4.69) is 10.3 Å². The predicted molar refractivity (Wildman–Crippen MR) is 149 cm³/mol. The second kappa shape index (κ2) is 12.9. The number of carbonyl (C=O) groups excluding carboxylic acids is 4. The maximum Gasteiger partial charge on any atom is 0.338 e. The first kappa shape index (κ1) is 27.6. The van der Waals surface area contributed by atoms with Gasteiger partial charge in [-0.2, -0.15) is 0 Å². The van der Waals surface area contributed by atoms with E-state index in [9.17, 15) is 19.2 Å². The van der Waals surface area contributed by atoms with Crippen LogP contribution < -0.4 is 5.32 Å². The maximum absolute atomic E-state index is 13.3. The number of rotatable bonds is 8. The Balaban J connectivity index is 1.56. The Morgan fingerprint density at radius 3 is 2.23 bits per heavy atom. The lowest BCUT2D eigenvalue weighted by molar-refractivity contribution is -0.129. The SMILES string of the molecule is CCOC(=O)c1ccc(N=C2S[C@@H](C(=O)Nc3ccc(C(=O)OC)cc3)CC(=O)N2Cc2ccccc2)cc1. The van der Waals surface area contributed by atoms with Gasteiger partial charge >= 0.3 is 11.9 Å². The number of ether oxygens (including phenoxy) is 2. The molecule has 0 saturated carbocycles. The molecule has 39 heavy (non-hydrogen) atoms. The summed E-state index contributed by atoms with van der Waals surface area (Å²) in [6.07, 6.45) is -0.00953. The summed E-state index contributed by atoms with van der Waals surface area (Å²) in [5.41, 5.74) is 2.68. The number of hydrogen-bond donors (Lipinski definition) is 1. The number of amidine groups is 1. The van der Waals surface area contributed by atoms with Crippen molar-refractivity contribution in [2.45, 2.75) is 25.1 Å². The highest BCUT2D eigenvalue weighted by Crippen LogP contribution is 2.31. The van der Waals surface area contributed by atoms with Crippen LogP contribution in [-0.2, 0) is 25.6 Å². The molecule has 1 fully saturated rings. The molecule has 4 rings (SSSR count). The van der Waals surface area contributed by atoms with E-state index in [0.29, 0.717) is 34.2 Å². The van der Waals surface area contributed by atoms with Gasteiger partial charge in [0.2, 0.25) is 11.8 Å². The number of methoxy groups -OCH3 is 1. The molecule has 0 aliphatic carbocycles. The summed E-state index contributed by atoms with van der Waals surface area (Å²) >= 11 is 1.19. The standard InChI is InChI=1S/C29H27N3O6S/c1-3-38-28(36)21-11-15-23(16-12-21)31-29-32(18-19-7-5-4-6-8-19)25(33)17-24(39-29)26(34)30-22-13-9-20(10-14-22)27(35)37-2/h4-16,24H,3,17-18H2,1-2H3,(H,30,34)/t24-/m1/s1. The largest absolute Gasteiger partial charge is 0.465 e. The van der Waals surface area contributed by atoms with Gasteiger partial charge in [0.15, 0.2) is 5.17 Å².